The minimum Gasteiger partial charge on any atom is -0.488 e. The number of hydrogen-bond donors (Lipinski definition) is 0. The molecule has 5 nitrogen and oxygen atoms in total. The van der Waals surface area contributed by atoms with E-state index in [0.717, 1.165) is 11.5 Å². The fraction of sp³-hybridized carbons (Fsp3) is 0.200. The number of ether oxygens (including phenoxy) is 1. The number of carbonyl (C=O) groups is 1. The number of benzene rings is 1. The molecular formula is C20H21N3O2. The summed E-state index contributed by atoms with van der Waals surface area (Å²) in [5.74, 6) is 1.29. The summed E-state index contributed by atoms with van der Waals surface area (Å²) in [7, 11) is 0. The highest BCUT2D eigenvalue weighted by Gasteiger charge is 2.26. The molecule has 1 aromatic heterocycles. The first-order valence-electron chi connectivity index (χ1n) is 8.15. The van der Waals surface area contributed by atoms with E-state index in [4.69, 9.17) is 4.74 Å². The second-order valence-electron chi connectivity index (χ2n) is 5.89. The first kappa shape index (κ1) is 16.8. The highest BCUT2D eigenvalue weighted by atomic mass is 16.5. The van der Waals surface area contributed by atoms with E-state index < -0.39 is 0 Å². The molecule has 0 radical (unpaired) electrons. The van der Waals surface area contributed by atoms with E-state index in [-0.39, 0.29) is 12.6 Å². The SMILES string of the molecule is C=CC=CC(=C)OCc1cn2c(n1)CCN(c1ccc(C)cc1)C2=O. The Bertz CT molecular complexity index is 831. The predicted molar refractivity (Wildman–Crippen MR) is 98.5 cm³/mol. The van der Waals surface area contributed by atoms with Crippen molar-refractivity contribution in [3.63, 3.8) is 0 Å². The lowest BCUT2D eigenvalue weighted by atomic mass is 10.2. The predicted octanol–water partition coefficient (Wildman–Crippen LogP) is 3.99. The van der Waals surface area contributed by atoms with Gasteiger partial charge in [0, 0.05) is 24.8 Å². The summed E-state index contributed by atoms with van der Waals surface area (Å²) in [6, 6.07) is 7.86. The van der Waals surface area contributed by atoms with Gasteiger partial charge in [0.15, 0.2) is 0 Å². The Morgan fingerprint density at radius 1 is 1.36 bits per heavy atom. The van der Waals surface area contributed by atoms with Crippen LogP contribution >= 0.6 is 0 Å². The molecule has 25 heavy (non-hydrogen) atoms. The Labute approximate surface area is 147 Å². The van der Waals surface area contributed by atoms with Crippen LogP contribution in [0.25, 0.3) is 0 Å². The lowest BCUT2D eigenvalue weighted by Crippen LogP contribution is -2.41. The van der Waals surface area contributed by atoms with Gasteiger partial charge in [-0.05, 0) is 25.1 Å². The molecule has 0 fully saturated rings. The summed E-state index contributed by atoms with van der Waals surface area (Å²) in [6.07, 6.45) is 7.58. The second kappa shape index (κ2) is 7.21. The minimum absolute atomic E-state index is 0.0887. The summed E-state index contributed by atoms with van der Waals surface area (Å²) < 4.78 is 7.14. The van der Waals surface area contributed by atoms with Crippen LogP contribution in [0.2, 0.25) is 0 Å². The Morgan fingerprint density at radius 3 is 2.84 bits per heavy atom. The first-order valence-corrected chi connectivity index (χ1v) is 8.15. The molecule has 5 heteroatoms. The number of aryl methyl sites for hydroxylation is 1. The molecule has 0 N–H and O–H groups in total. The quantitative estimate of drug-likeness (QED) is 0.592. The maximum absolute atomic E-state index is 12.8. The molecule has 1 amide bonds. The topological polar surface area (TPSA) is 47.4 Å². The van der Waals surface area contributed by atoms with E-state index in [2.05, 4.69) is 18.1 Å². The number of nitrogens with zero attached hydrogens (tertiary/aromatic N) is 3. The Hall–Kier alpha value is -3.08. The fourth-order valence-electron chi connectivity index (χ4n) is 2.68. The lowest BCUT2D eigenvalue weighted by molar-refractivity contribution is 0.209. The average Bonchev–Trinajstić information content (AvgIpc) is 3.03. The summed E-state index contributed by atoms with van der Waals surface area (Å²) in [5.41, 5.74) is 2.78. The van der Waals surface area contributed by atoms with Gasteiger partial charge in [0.2, 0.25) is 0 Å². The molecule has 0 saturated heterocycles. The van der Waals surface area contributed by atoms with E-state index in [1.807, 2.05) is 31.2 Å². The van der Waals surface area contributed by atoms with Crippen LogP contribution in [0.5, 0.6) is 0 Å². The van der Waals surface area contributed by atoms with Crippen molar-refractivity contribution in [3.8, 4) is 0 Å². The zero-order chi connectivity index (χ0) is 17.8. The van der Waals surface area contributed by atoms with Gasteiger partial charge in [-0.15, -0.1) is 0 Å². The molecule has 0 atom stereocenters. The van der Waals surface area contributed by atoms with Gasteiger partial charge in [0.25, 0.3) is 0 Å². The van der Waals surface area contributed by atoms with E-state index in [9.17, 15) is 4.79 Å². The van der Waals surface area contributed by atoms with Crippen LogP contribution in [0.15, 0.2) is 67.6 Å². The molecule has 0 spiro atoms. The van der Waals surface area contributed by atoms with Gasteiger partial charge < -0.3 is 4.74 Å². The Morgan fingerprint density at radius 2 is 2.12 bits per heavy atom. The van der Waals surface area contributed by atoms with Crippen molar-refractivity contribution in [2.75, 3.05) is 11.4 Å². The van der Waals surface area contributed by atoms with Crippen LogP contribution < -0.4 is 4.90 Å². The van der Waals surface area contributed by atoms with Crippen LogP contribution in [-0.4, -0.2) is 22.1 Å². The van der Waals surface area contributed by atoms with E-state index in [1.54, 1.807) is 33.9 Å². The van der Waals surface area contributed by atoms with E-state index >= 15 is 0 Å². The minimum atomic E-state index is -0.0887. The molecule has 3 rings (SSSR count). The van der Waals surface area contributed by atoms with Gasteiger partial charge in [0.05, 0.1) is 5.69 Å². The molecule has 0 aliphatic carbocycles. The first-order chi connectivity index (χ1) is 12.1. The third-order valence-corrected chi connectivity index (χ3v) is 3.99. The number of aromatic nitrogens is 2. The number of allylic oxidation sites excluding steroid dienone is 3. The highest BCUT2D eigenvalue weighted by molar-refractivity contribution is 5.94. The summed E-state index contributed by atoms with van der Waals surface area (Å²) in [6.45, 7) is 10.3. The lowest BCUT2D eigenvalue weighted by Gasteiger charge is -2.27. The van der Waals surface area contributed by atoms with Crippen LogP contribution in [0.1, 0.15) is 17.1 Å². The number of amides is 1. The maximum Gasteiger partial charge on any atom is 0.334 e. The van der Waals surface area contributed by atoms with Gasteiger partial charge in [-0.1, -0.05) is 43.0 Å². The molecule has 128 valence electrons. The van der Waals surface area contributed by atoms with Crippen molar-refractivity contribution < 1.29 is 9.53 Å². The molecule has 2 heterocycles. The normalized spacial score (nSPS) is 13.8. The third kappa shape index (κ3) is 3.71. The van der Waals surface area contributed by atoms with Crippen molar-refractivity contribution >= 4 is 11.7 Å². The van der Waals surface area contributed by atoms with Crippen LogP contribution in [0.4, 0.5) is 10.5 Å². The molecule has 1 aliphatic heterocycles. The van der Waals surface area contributed by atoms with Gasteiger partial charge in [-0.3, -0.25) is 9.47 Å². The third-order valence-electron chi connectivity index (χ3n) is 3.99. The van der Waals surface area contributed by atoms with Gasteiger partial charge in [-0.2, -0.15) is 0 Å². The fourth-order valence-corrected chi connectivity index (χ4v) is 2.68. The van der Waals surface area contributed by atoms with Crippen LogP contribution in [-0.2, 0) is 17.8 Å². The molecule has 1 aromatic carbocycles. The highest BCUT2D eigenvalue weighted by Crippen LogP contribution is 2.22. The monoisotopic (exact) mass is 335 g/mol. The number of imidazole rings is 1. The van der Waals surface area contributed by atoms with E-state index in [1.165, 1.54) is 5.56 Å². The summed E-state index contributed by atoms with van der Waals surface area (Å²) in [5, 5.41) is 0. The smallest absolute Gasteiger partial charge is 0.334 e. The molecule has 0 unspecified atom stereocenters. The largest absolute Gasteiger partial charge is 0.488 e. The standard InChI is InChI=1S/C20H21N3O2/c1-4-5-6-16(3)25-14-17-13-23-19(21-17)11-12-22(20(23)24)18-9-7-15(2)8-10-18/h4-10,13H,1,3,11-12,14H2,2H3. The molecule has 0 bridgehead atoms. The average molecular weight is 335 g/mol. The number of anilines is 1. The second-order valence-corrected chi connectivity index (χ2v) is 5.89. The number of carbonyl (C=O) groups excluding carboxylic acids is 1. The van der Waals surface area contributed by atoms with E-state index in [0.29, 0.717) is 24.4 Å². The maximum atomic E-state index is 12.8. The van der Waals surface area contributed by atoms with Crippen molar-refractivity contribution in [1.29, 1.82) is 0 Å². The van der Waals surface area contributed by atoms with Crippen molar-refractivity contribution in [2.24, 2.45) is 0 Å². The zero-order valence-electron chi connectivity index (χ0n) is 14.3. The summed E-state index contributed by atoms with van der Waals surface area (Å²) >= 11 is 0. The van der Waals surface area contributed by atoms with Gasteiger partial charge >= 0.3 is 6.03 Å². The zero-order valence-corrected chi connectivity index (χ0v) is 14.3. The number of hydrogen-bond acceptors (Lipinski definition) is 3. The van der Waals surface area contributed by atoms with Crippen LogP contribution in [0.3, 0.4) is 0 Å². The molecule has 1 aliphatic rings. The number of fused-ring (bicyclic) bond motifs is 1. The van der Waals surface area contributed by atoms with Gasteiger partial charge in [0.1, 0.15) is 18.2 Å². The molecule has 2 aromatic rings. The van der Waals surface area contributed by atoms with Crippen molar-refractivity contribution in [1.82, 2.24) is 9.55 Å². The van der Waals surface area contributed by atoms with Crippen molar-refractivity contribution in [3.05, 3.63) is 84.7 Å². The molecule has 0 saturated carbocycles. The summed E-state index contributed by atoms with van der Waals surface area (Å²) in [4.78, 5) is 19.0. The van der Waals surface area contributed by atoms with Gasteiger partial charge in [-0.25, -0.2) is 9.78 Å². The molecular weight excluding hydrogens is 314 g/mol. The Balaban J connectivity index is 1.72. The van der Waals surface area contributed by atoms with Crippen molar-refractivity contribution in [2.45, 2.75) is 20.0 Å². The Kier molecular flexibility index (Phi) is 4.84. The number of rotatable bonds is 6. The van der Waals surface area contributed by atoms with Crippen LogP contribution in [0, 0.1) is 6.92 Å².